The molecule has 0 radical (unpaired) electrons. The zero-order chi connectivity index (χ0) is 15.6. The number of rotatable bonds is 4. The van der Waals surface area contributed by atoms with Crippen LogP contribution in [0.4, 0.5) is 11.4 Å². The smallest absolute Gasteiger partial charge is 0.307 e. The van der Waals surface area contributed by atoms with Gasteiger partial charge in [-0.2, -0.15) is 0 Å². The largest absolute Gasteiger partial charge is 0.481 e. The molecule has 2 aromatic carbocycles. The number of carboxylic acid groups (broad SMARTS) is 1. The van der Waals surface area contributed by atoms with Gasteiger partial charge in [-0.15, -0.1) is 0 Å². The zero-order valence-electron chi connectivity index (χ0n) is 11.7. The van der Waals surface area contributed by atoms with Gasteiger partial charge in [0.2, 0.25) is 0 Å². The van der Waals surface area contributed by atoms with Crippen LogP contribution in [0.2, 0.25) is 10.0 Å². The van der Waals surface area contributed by atoms with E-state index in [0.717, 1.165) is 11.1 Å². The van der Waals surface area contributed by atoms with Crippen LogP contribution in [0.25, 0.3) is 0 Å². The molecule has 110 valence electrons. The van der Waals surface area contributed by atoms with Gasteiger partial charge in [0.05, 0.1) is 22.2 Å². The Morgan fingerprint density at radius 2 is 1.71 bits per heavy atom. The minimum atomic E-state index is -0.884. The highest BCUT2D eigenvalue weighted by molar-refractivity contribution is 6.39. The quantitative estimate of drug-likeness (QED) is 0.834. The summed E-state index contributed by atoms with van der Waals surface area (Å²) in [7, 11) is 0. The van der Waals surface area contributed by atoms with Gasteiger partial charge in [0.15, 0.2) is 0 Å². The molecule has 0 unspecified atom stereocenters. The van der Waals surface area contributed by atoms with Crippen LogP contribution in [0.3, 0.4) is 0 Å². The maximum absolute atomic E-state index is 11.0. The summed E-state index contributed by atoms with van der Waals surface area (Å²) in [5, 5.41) is 13.2. The molecule has 0 spiro atoms. The molecule has 0 saturated heterocycles. The van der Waals surface area contributed by atoms with Crippen LogP contribution in [-0.2, 0) is 11.2 Å². The second-order valence-corrected chi connectivity index (χ2v) is 5.77. The lowest BCUT2D eigenvalue weighted by Gasteiger charge is -2.15. The van der Waals surface area contributed by atoms with E-state index < -0.39 is 5.97 Å². The van der Waals surface area contributed by atoms with E-state index in [4.69, 9.17) is 28.3 Å². The Morgan fingerprint density at radius 1 is 1.10 bits per heavy atom. The van der Waals surface area contributed by atoms with Crippen molar-refractivity contribution >= 4 is 40.5 Å². The van der Waals surface area contributed by atoms with E-state index >= 15 is 0 Å². The van der Waals surface area contributed by atoms with Crippen molar-refractivity contribution in [2.24, 2.45) is 0 Å². The standard InChI is InChI=1S/C16H15Cl2NO2/c1-9-3-4-14(11(5-9)8-15(20)21)19-16-12(17)6-10(2)7-13(16)18/h3-7,19H,8H2,1-2H3,(H,20,21). The van der Waals surface area contributed by atoms with Gasteiger partial charge in [0, 0.05) is 5.69 Å². The average Bonchev–Trinajstić information content (AvgIpc) is 2.35. The summed E-state index contributed by atoms with van der Waals surface area (Å²) >= 11 is 12.4. The third kappa shape index (κ3) is 3.90. The summed E-state index contributed by atoms with van der Waals surface area (Å²) in [5.74, 6) is -0.884. The summed E-state index contributed by atoms with van der Waals surface area (Å²) < 4.78 is 0. The molecule has 0 aliphatic rings. The molecule has 21 heavy (non-hydrogen) atoms. The van der Waals surface area contributed by atoms with E-state index in [1.165, 1.54) is 0 Å². The van der Waals surface area contributed by atoms with Gasteiger partial charge in [-0.05, 0) is 43.2 Å². The molecule has 0 aromatic heterocycles. The van der Waals surface area contributed by atoms with Crippen LogP contribution >= 0.6 is 23.2 Å². The third-order valence-corrected chi connectivity index (χ3v) is 3.64. The minimum Gasteiger partial charge on any atom is -0.481 e. The second-order valence-electron chi connectivity index (χ2n) is 4.96. The Hall–Kier alpha value is -1.71. The highest BCUT2D eigenvalue weighted by atomic mass is 35.5. The number of carbonyl (C=O) groups is 1. The number of hydrogen-bond acceptors (Lipinski definition) is 2. The number of benzene rings is 2. The van der Waals surface area contributed by atoms with E-state index in [-0.39, 0.29) is 6.42 Å². The van der Waals surface area contributed by atoms with Gasteiger partial charge in [0.25, 0.3) is 0 Å². The summed E-state index contributed by atoms with van der Waals surface area (Å²) in [5.41, 5.74) is 3.92. The molecule has 0 aliphatic carbocycles. The minimum absolute atomic E-state index is 0.0644. The van der Waals surface area contributed by atoms with Crippen molar-refractivity contribution in [2.45, 2.75) is 20.3 Å². The van der Waals surface area contributed by atoms with Crippen molar-refractivity contribution in [2.75, 3.05) is 5.32 Å². The van der Waals surface area contributed by atoms with E-state index in [1.54, 1.807) is 12.1 Å². The Morgan fingerprint density at radius 3 is 2.29 bits per heavy atom. The van der Waals surface area contributed by atoms with Crippen LogP contribution in [0, 0.1) is 13.8 Å². The van der Waals surface area contributed by atoms with Crippen molar-refractivity contribution < 1.29 is 9.90 Å². The highest BCUT2D eigenvalue weighted by Crippen LogP contribution is 2.35. The topological polar surface area (TPSA) is 49.3 Å². The first-order valence-corrected chi connectivity index (χ1v) is 7.16. The lowest BCUT2D eigenvalue weighted by Crippen LogP contribution is -2.04. The summed E-state index contributed by atoms with van der Waals surface area (Å²) in [6.07, 6.45) is -0.0644. The summed E-state index contributed by atoms with van der Waals surface area (Å²) in [6, 6.07) is 9.19. The van der Waals surface area contributed by atoms with Gasteiger partial charge in [-0.3, -0.25) is 4.79 Å². The van der Waals surface area contributed by atoms with Crippen molar-refractivity contribution in [3.8, 4) is 0 Å². The summed E-state index contributed by atoms with van der Waals surface area (Å²) in [4.78, 5) is 11.0. The molecule has 0 aliphatic heterocycles. The van der Waals surface area contributed by atoms with E-state index in [2.05, 4.69) is 5.32 Å². The van der Waals surface area contributed by atoms with Crippen molar-refractivity contribution in [3.05, 3.63) is 57.1 Å². The fraction of sp³-hybridized carbons (Fsp3) is 0.188. The van der Waals surface area contributed by atoms with Gasteiger partial charge < -0.3 is 10.4 Å². The monoisotopic (exact) mass is 323 g/mol. The Bertz CT molecular complexity index is 676. The first-order valence-electron chi connectivity index (χ1n) is 6.41. The normalized spacial score (nSPS) is 10.5. The fourth-order valence-corrected chi connectivity index (χ4v) is 2.80. The SMILES string of the molecule is Cc1cc(Cl)c(Nc2ccc(C)cc2CC(=O)O)c(Cl)c1. The van der Waals surface area contributed by atoms with Crippen molar-refractivity contribution in [1.29, 1.82) is 0 Å². The fourth-order valence-electron chi connectivity index (χ4n) is 2.11. The van der Waals surface area contributed by atoms with Crippen LogP contribution in [-0.4, -0.2) is 11.1 Å². The Kier molecular flexibility index (Phi) is 4.76. The van der Waals surface area contributed by atoms with Gasteiger partial charge >= 0.3 is 5.97 Å². The first-order chi connectivity index (χ1) is 9.86. The molecule has 2 N–H and O–H groups in total. The molecule has 0 fully saturated rings. The molecule has 2 rings (SSSR count). The number of nitrogens with one attached hydrogen (secondary N) is 1. The zero-order valence-corrected chi connectivity index (χ0v) is 13.2. The van der Waals surface area contributed by atoms with Crippen LogP contribution in [0.15, 0.2) is 30.3 Å². The van der Waals surface area contributed by atoms with Gasteiger partial charge in [0.1, 0.15) is 0 Å². The Labute approximate surface area is 133 Å². The number of carboxylic acids is 1. The molecule has 0 heterocycles. The number of hydrogen-bond donors (Lipinski definition) is 2. The van der Waals surface area contributed by atoms with Gasteiger partial charge in [-0.1, -0.05) is 40.9 Å². The van der Waals surface area contributed by atoms with Crippen LogP contribution in [0.1, 0.15) is 16.7 Å². The van der Waals surface area contributed by atoms with Crippen LogP contribution < -0.4 is 5.32 Å². The maximum Gasteiger partial charge on any atom is 0.307 e. The predicted octanol–water partition coefficient (Wildman–Crippen LogP) is 4.98. The molecular formula is C16H15Cl2NO2. The average molecular weight is 324 g/mol. The lowest BCUT2D eigenvalue weighted by atomic mass is 10.1. The van der Waals surface area contributed by atoms with Crippen molar-refractivity contribution in [1.82, 2.24) is 0 Å². The summed E-state index contributed by atoms with van der Waals surface area (Å²) in [6.45, 7) is 3.82. The highest BCUT2D eigenvalue weighted by Gasteiger charge is 2.12. The third-order valence-electron chi connectivity index (χ3n) is 3.05. The van der Waals surface area contributed by atoms with Gasteiger partial charge in [-0.25, -0.2) is 0 Å². The van der Waals surface area contributed by atoms with Crippen molar-refractivity contribution in [3.63, 3.8) is 0 Å². The van der Waals surface area contributed by atoms with Crippen LogP contribution in [0.5, 0.6) is 0 Å². The van der Waals surface area contributed by atoms with E-state index in [0.29, 0.717) is 27.0 Å². The number of halogens is 2. The number of aryl methyl sites for hydroxylation is 2. The molecular weight excluding hydrogens is 309 g/mol. The molecule has 3 nitrogen and oxygen atoms in total. The molecule has 0 saturated carbocycles. The predicted molar refractivity (Wildman–Crippen MR) is 87.0 cm³/mol. The second kappa shape index (κ2) is 6.37. The molecule has 5 heteroatoms. The molecule has 0 amide bonds. The molecule has 0 atom stereocenters. The molecule has 2 aromatic rings. The first kappa shape index (κ1) is 15.7. The van der Waals surface area contributed by atoms with E-state index in [1.807, 2.05) is 32.0 Å². The maximum atomic E-state index is 11.0. The molecule has 0 bridgehead atoms. The number of aliphatic carboxylic acids is 1. The Balaban J connectivity index is 2.42. The number of anilines is 2. The van der Waals surface area contributed by atoms with E-state index in [9.17, 15) is 4.79 Å². The lowest BCUT2D eigenvalue weighted by molar-refractivity contribution is -0.136.